The second-order valence-corrected chi connectivity index (χ2v) is 2.41. The lowest BCUT2D eigenvalue weighted by Crippen LogP contribution is -1.97. The third-order valence-corrected chi connectivity index (χ3v) is 1.58. The fraction of sp³-hybridized carbons (Fsp3) is 0.364. The summed E-state index contributed by atoms with van der Waals surface area (Å²) in [5, 5.41) is 9.29. The first-order chi connectivity index (χ1) is 6.66. The van der Waals surface area contributed by atoms with E-state index in [0.717, 1.165) is 0 Å². The van der Waals surface area contributed by atoms with Crippen LogP contribution in [-0.2, 0) is 0 Å². The van der Waals surface area contributed by atoms with E-state index >= 15 is 0 Å². The maximum absolute atomic E-state index is 11.0. The Hall–Kier alpha value is -1.51. The minimum Gasteiger partial charge on any atom is -0.507 e. The summed E-state index contributed by atoms with van der Waals surface area (Å²) in [5.74, 6) is 0.161. The number of carbonyl (C=O) groups is 1. The summed E-state index contributed by atoms with van der Waals surface area (Å²) in [6, 6.07) is 4.72. The third-order valence-electron chi connectivity index (χ3n) is 1.58. The molecule has 0 aliphatic carbocycles. The fourth-order valence-electron chi connectivity index (χ4n) is 1.04. The van der Waals surface area contributed by atoms with Gasteiger partial charge in [0.1, 0.15) is 17.1 Å². The molecular formula is C11H16O3. The SMILES string of the molecule is CC.COc1cccc(O)c1C(C)=O. The molecule has 14 heavy (non-hydrogen) atoms. The Morgan fingerprint density at radius 2 is 1.93 bits per heavy atom. The molecule has 0 aromatic heterocycles. The predicted octanol–water partition coefficient (Wildman–Crippen LogP) is 2.63. The zero-order chi connectivity index (χ0) is 11.1. The van der Waals surface area contributed by atoms with Crippen LogP contribution >= 0.6 is 0 Å². The van der Waals surface area contributed by atoms with E-state index in [-0.39, 0.29) is 17.1 Å². The molecule has 0 amide bonds. The molecule has 0 bridgehead atoms. The normalized spacial score (nSPS) is 8.57. The van der Waals surface area contributed by atoms with Gasteiger partial charge in [-0.05, 0) is 19.1 Å². The van der Waals surface area contributed by atoms with Crippen molar-refractivity contribution in [2.75, 3.05) is 7.11 Å². The molecule has 3 heteroatoms. The molecule has 1 aromatic carbocycles. The first kappa shape index (κ1) is 12.5. The highest BCUT2D eigenvalue weighted by molar-refractivity contribution is 5.99. The monoisotopic (exact) mass is 196 g/mol. The number of benzene rings is 1. The van der Waals surface area contributed by atoms with Gasteiger partial charge in [0.05, 0.1) is 7.11 Å². The van der Waals surface area contributed by atoms with Gasteiger partial charge >= 0.3 is 0 Å². The van der Waals surface area contributed by atoms with Gasteiger partial charge in [-0.25, -0.2) is 0 Å². The molecule has 1 aromatic rings. The molecule has 1 rings (SSSR count). The number of hydrogen-bond acceptors (Lipinski definition) is 3. The van der Waals surface area contributed by atoms with Crippen LogP contribution in [0.5, 0.6) is 11.5 Å². The van der Waals surface area contributed by atoms with Crippen molar-refractivity contribution in [2.45, 2.75) is 20.8 Å². The summed E-state index contributed by atoms with van der Waals surface area (Å²) < 4.78 is 4.91. The van der Waals surface area contributed by atoms with Crippen molar-refractivity contribution in [3.63, 3.8) is 0 Å². The van der Waals surface area contributed by atoms with Crippen molar-refractivity contribution in [3.05, 3.63) is 23.8 Å². The van der Waals surface area contributed by atoms with E-state index in [9.17, 15) is 9.90 Å². The summed E-state index contributed by atoms with van der Waals surface area (Å²) in [6.07, 6.45) is 0. The molecule has 0 atom stereocenters. The van der Waals surface area contributed by atoms with Gasteiger partial charge in [-0.15, -0.1) is 0 Å². The van der Waals surface area contributed by atoms with Crippen LogP contribution in [0.4, 0.5) is 0 Å². The summed E-state index contributed by atoms with van der Waals surface area (Å²) >= 11 is 0. The molecule has 0 aliphatic rings. The average Bonchev–Trinajstić information content (AvgIpc) is 2.19. The Morgan fingerprint density at radius 3 is 2.29 bits per heavy atom. The van der Waals surface area contributed by atoms with Crippen LogP contribution in [0.15, 0.2) is 18.2 Å². The van der Waals surface area contributed by atoms with Crippen molar-refractivity contribution in [2.24, 2.45) is 0 Å². The van der Waals surface area contributed by atoms with Gasteiger partial charge in [0.25, 0.3) is 0 Å². The molecule has 0 fully saturated rings. The number of ether oxygens (including phenoxy) is 1. The third kappa shape index (κ3) is 2.76. The van der Waals surface area contributed by atoms with Crippen molar-refractivity contribution >= 4 is 5.78 Å². The summed E-state index contributed by atoms with van der Waals surface area (Å²) in [4.78, 5) is 11.0. The second-order valence-electron chi connectivity index (χ2n) is 2.41. The van der Waals surface area contributed by atoms with Crippen LogP contribution in [0, 0.1) is 0 Å². The van der Waals surface area contributed by atoms with Gasteiger partial charge in [-0.2, -0.15) is 0 Å². The molecule has 0 heterocycles. The van der Waals surface area contributed by atoms with Gasteiger partial charge < -0.3 is 9.84 Å². The van der Waals surface area contributed by atoms with Gasteiger partial charge in [0.2, 0.25) is 0 Å². The smallest absolute Gasteiger partial charge is 0.167 e. The van der Waals surface area contributed by atoms with E-state index in [0.29, 0.717) is 5.75 Å². The lowest BCUT2D eigenvalue weighted by Gasteiger charge is -2.06. The lowest BCUT2D eigenvalue weighted by molar-refractivity contribution is 0.101. The van der Waals surface area contributed by atoms with Gasteiger partial charge in [-0.3, -0.25) is 4.79 Å². The van der Waals surface area contributed by atoms with Gasteiger partial charge in [0.15, 0.2) is 5.78 Å². The molecule has 0 saturated heterocycles. The fourth-order valence-corrected chi connectivity index (χ4v) is 1.04. The molecule has 3 nitrogen and oxygen atoms in total. The zero-order valence-electron chi connectivity index (χ0n) is 9.00. The number of methoxy groups -OCH3 is 1. The number of carbonyl (C=O) groups excluding carboxylic acids is 1. The molecule has 0 spiro atoms. The van der Waals surface area contributed by atoms with E-state index < -0.39 is 0 Å². The maximum atomic E-state index is 11.0. The topological polar surface area (TPSA) is 46.5 Å². The van der Waals surface area contributed by atoms with E-state index in [1.165, 1.54) is 20.1 Å². The maximum Gasteiger partial charge on any atom is 0.167 e. The lowest BCUT2D eigenvalue weighted by atomic mass is 10.1. The minimum atomic E-state index is -0.204. The summed E-state index contributed by atoms with van der Waals surface area (Å²) in [7, 11) is 1.46. The number of hydrogen-bond donors (Lipinski definition) is 1. The predicted molar refractivity (Wildman–Crippen MR) is 56.0 cm³/mol. The molecule has 1 N–H and O–H groups in total. The summed E-state index contributed by atoms with van der Waals surface area (Å²) in [5.41, 5.74) is 0.236. The molecule has 0 saturated carbocycles. The Bertz CT molecular complexity index is 305. The zero-order valence-corrected chi connectivity index (χ0v) is 9.00. The Morgan fingerprint density at radius 1 is 1.36 bits per heavy atom. The van der Waals surface area contributed by atoms with E-state index in [1.54, 1.807) is 12.1 Å². The van der Waals surface area contributed by atoms with Crippen LogP contribution < -0.4 is 4.74 Å². The molecule has 0 radical (unpaired) electrons. The van der Waals surface area contributed by atoms with Gasteiger partial charge in [-0.1, -0.05) is 19.9 Å². The van der Waals surface area contributed by atoms with Crippen LogP contribution in [0.2, 0.25) is 0 Å². The standard InChI is InChI=1S/C9H10O3.C2H6/c1-6(10)9-7(11)4-3-5-8(9)12-2;1-2/h3-5,11H,1-2H3;1-2H3. The Balaban J connectivity index is 0.000000791. The molecule has 0 aliphatic heterocycles. The van der Waals surface area contributed by atoms with Crippen molar-refractivity contribution in [3.8, 4) is 11.5 Å². The number of rotatable bonds is 2. The minimum absolute atomic E-state index is 0.0400. The first-order valence-electron chi connectivity index (χ1n) is 4.53. The second kappa shape index (κ2) is 6.02. The largest absolute Gasteiger partial charge is 0.507 e. The van der Waals surface area contributed by atoms with E-state index in [4.69, 9.17) is 4.74 Å². The number of Topliss-reactive ketones (excluding diaryl/α,β-unsaturated/α-hetero) is 1. The highest BCUT2D eigenvalue weighted by atomic mass is 16.5. The van der Waals surface area contributed by atoms with Crippen molar-refractivity contribution in [1.82, 2.24) is 0 Å². The molecule has 78 valence electrons. The van der Waals surface area contributed by atoms with Crippen molar-refractivity contribution in [1.29, 1.82) is 0 Å². The number of phenolic OH excluding ortho intramolecular Hbond substituents is 1. The number of phenols is 1. The van der Waals surface area contributed by atoms with E-state index in [2.05, 4.69) is 0 Å². The molecule has 0 unspecified atom stereocenters. The van der Waals surface area contributed by atoms with E-state index in [1.807, 2.05) is 13.8 Å². The highest BCUT2D eigenvalue weighted by Crippen LogP contribution is 2.27. The van der Waals surface area contributed by atoms with Crippen LogP contribution in [0.25, 0.3) is 0 Å². The van der Waals surface area contributed by atoms with Crippen molar-refractivity contribution < 1.29 is 14.6 Å². The van der Waals surface area contributed by atoms with Crippen LogP contribution in [-0.4, -0.2) is 18.0 Å². The molecular weight excluding hydrogens is 180 g/mol. The Kier molecular flexibility index (Phi) is 5.37. The number of ketones is 1. The Labute approximate surface area is 84.3 Å². The van der Waals surface area contributed by atoms with Gasteiger partial charge in [0, 0.05) is 0 Å². The quantitative estimate of drug-likeness (QED) is 0.739. The van der Waals surface area contributed by atoms with Crippen LogP contribution in [0.3, 0.4) is 0 Å². The van der Waals surface area contributed by atoms with Crippen LogP contribution in [0.1, 0.15) is 31.1 Å². The number of aromatic hydroxyl groups is 1. The summed E-state index contributed by atoms with van der Waals surface area (Å²) in [6.45, 7) is 5.39. The average molecular weight is 196 g/mol. The first-order valence-corrected chi connectivity index (χ1v) is 4.53. The highest BCUT2D eigenvalue weighted by Gasteiger charge is 2.11.